The quantitative estimate of drug-likeness (QED) is 0.652. The van der Waals surface area contributed by atoms with Crippen molar-refractivity contribution >= 4 is 23.0 Å². The van der Waals surface area contributed by atoms with E-state index in [0.29, 0.717) is 5.69 Å². The Balaban J connectivity index is 2.26. The summed E-state index contributed by atoms with van der Waals surface area (Å²) in [6.07, 6.45) is 3.09. The zero-order valence-corrected chi connectivity index (χ0v) is 11.6. The summed E-state index contributed by atoms with van der Waals surface area (Å²) in [4.78, 5) is 25.6. The first kappa shape index (κ1) is 14.2. The molecule has 20 heavy (non-hydrogen) atoms. The normalized spacial score (nSPS) is 10.7. The molecule has 0 aromatic carbocycles. The molecule has 0 saturated carbocycles. The lowest BCUT2D eigenvalue weighted by atomic mass is 10.3. The molecule has 2 heterocycles. The minimum Gasteiger partial charge on any atom is -0.477 e. The molecule has 0 saturated heterocycles. The van der Waals surface area contributed by atoms with Gasteiger partial charge in [-0.25, -0.2) is 9.78 Å². The molecule has 2 aromatic rings. The summed E-state index contributed by atoms with van der Waals surface area (Å²) < 4.78 is 1.34. The molecule has 2 aromatic heterocycles. The summed E-state index contributed by atoms with van der Waals surface area (Å²) in [6, 6.07) is 1.06. The monoisotopic (exact) mass is 295 g/mol. The zero-order chi connectivity index (χ0) is 14.7. The van der Waals surface area contributed by atoms with Crippen LogP contribution in [0.25, 0.3) is 0 Å². The van der Waals surface area contributed by atoms with E-state index in [1.807, 2.05) is 5.38 Å². The smallest absolute Gasteiger partial charge is 0.352 e. The van der Waals surface area contributed by atoms with Gasteiger partial charge in [-0.1, -0.05) is 6.92 Å². The molecule has 0 spiro atoms. The molecule has 0 aliphatic heterocycles. The summed E-state index contributed by atoms with van der Waals surface area (Å²) in [6.45, 7) is 2.27. The number of carbonyl (C=O) groups is 1. The number of aromatic carboxylic acids is 1. The minimum absolute atomic E-state index is 0.109. The third-order valence-corrected chi connectivity index (χ3v) is 3.67. The Hall–Kier alpha value is -2.22. The fourth-order valence-electron chi connectivity index (χ4n) is 1.83. The third-order valence-electron chi connectivity index (χ3n) is 2.71. The van der Waals surface area contributed by atoms with Gasteiger partial charge in [0.2, 0.25) is 0 Å². The molecule has 0 aliphatic carbocycles. The number of carboxylic acids is 1. The van der Waals surface area contributed by atoms with Crippen molar-refractivity contribution in [3.63, 3.8) is 0 Å². The van der Waals surface area contributed by atoms with E-state index in [9.17, 15) is 14.9 Å². The van der Waals surface area contributed by atoms with E-state index in [2.05, 4.69) is 11.9 Å². The number of rotatable bonds is 6. The number of aryl methyl sites for hydroxylation is 1. The van der Waals surface area contributed by atoms with Gasteiger partial charge in [-0.2, -0.15) is 0 Å². The Morgan fingerprint density at radius 2 is 2.35 bits per heavy atom. The van der Waals surface area contributed by atoms with E-state index in [-0.39, 0.29) is 17.9 Å². The Morgan fingerprint density at radius 1 is 1.60 bits per heavy atom. The summed E-state index contributed by atoms with van der Waals surface area (Å²) >= 11 is 1.51. The van der Waals surface area contributed by atoms with Crippen LogP contribution in [0.2, 0.25) is 0 Å². The second kappa shape index (κ2) is 5.83. The predicted octanol–water partition coefficient (Wildman–Crippen LogP) is 2.55. The van der Waals surface area contributed by atoms with Gasteiger partial charge >= 0.3 is 5.97 Å². The van der Waals surface area contributed by atoms with Crippen LogP contribution in [0.3, 0.4) is 0 Å². The molecule has 0 radical (unpaired) electrons. The maximum atomic E-state index is 11.1. The Kier molecular flexibility index (Phi) is 4.14. The molecule has 0 aliphatic rings. The minimum atomic E-state index is -1.19. The summed E-state index contributed by atoms with van der Waals surface area (Å²) in [7, 11) is 0. The van der Waals surface area contributed by atoms with Gasteiger partial charge in [0.1, 0.15) is 5.69 Å². The fraction of sp³-hybridized carbons (Fsp3) is 0.333. The first-order chi connectivity index (χ1) is 9.51. The van der Waals surface area contributed by atoms with Crippen molar-refractivity contribution in [2.75, 3.05) is 0 Å². The van der Waals surface area contributed by atoms with Crippen molar-refractivity contribution in [3.8, 4) is 0 Å². The van der Waals surface area contributed by atoms with Gasteiger partial charge in [-0.05, 0) is 12.8 Å². The molecule has 0 unspecified atom stereocenters. The molecular formula is C12H13N3O4S. The number of thiazole rings is 1. The summed E-state index contributed by atoms with van der Waals surface area (Å²) in [5, 5.41) is 22.6. The summed E-state index contributed by atoms with van der Waals surface area (Å²) in [5.74, 6) is -1.19. The van der Waals surface area contributed by atoms with Gasteiger partial charge in [0, 0.05) is 11.4 Å². The van der Waals surface area contributed by atoms with Crippen LogP contribution >= 0.6 is 11.3 Å². The molecule has 8 heteroatoms. The standard InChI is InChI=1S/C12H13N3O4S/c1-2-3-11-13-8(7-20-11)5-14-6-9(15(18)19)4-10(14)12(16)17/h4,6-7H,2-3,5H2,1H3,(H,16,17). The molecule has 106 valence electrons. The zero-order valence-electron chi connectivity index (χ0n) is 10.8. The van der Waals surface area contributed by atoms with Gasteiger partial charge in [-0.3, -0.25) is 10.1 Å². The van der Waals surface area contributed by atoms with Crippen LogP contribution < -0.4 is 0 Å². The SMILES string of the molecule is CCCc1nc(Cn2cc([N+](=O)[O-])cc2C(=O)O)cs1. The van der Waals surface area contributed by atoms with E-state index in [0.717, 1.165) is 23.9 Å². The third kappa shape index (κ3) is 3.02. The second-order valence-electron chi connectivity index (χ2n) is 4.26. The molecule has 0 fully saturated rings. The number of hydrogen-bond acceptors (Lipinski definition) is 5. The van der Waals surface area contributed by atoms with Crippen LogP contribution in [0.4, 0.5) is 5.69 Å². The van der Waals surface area contributed by atoms with Crippen molar-refractivity contribution in [1.82, 2.24) is 9.55 Å². The molecule has 0 atom stereocenters. The second-order valence-corrected chi connectivity index (χ2v) is 5.20. The molecule has 1 N–H and O–H groups in total. The number of nitrogens with zero attached hydrogens (tertiary/aromatic N) is 3. The van der Waals surface area contributed by atoms with E-state index in [1.165, 1.54) is 22.1 Å². The largest absolute Gasteiger partial charge is 0.477 e. The van der Waals surface area contributed by atoms with Crippen LogP contribution in [0.5, 0.6) is 0 Å². The van der Waals surface area contributed by atoms with Gasteiger partial charge in [-0.15, -0.1) is 11.3 Å². The van der Waals surface area contributed by atoms with Gasteiger partial charge < -0.3 is 9.67 Å². The molecule has 7 nitrogen and oxygen atoms in total. The molecule has 2 rings (SSSR count). The van der Waals surface area contributed by atoms with Gasteiger partial charge in [0.15, 0.2) is 0 Å². The molecule has 0 amide bonds. The highest BCUT2D eigenvalue weighted by molar-refractivity contribution is 7.09. The van der Waals surface area contributed by atoms with E-state index in [1.54, 1.807) is 0 Å². The number of nitro groups is 1. The Morgan fingerprint density at radius 3 is 2.95 bits per heavy atom. The van der Waals surface area contributed by atoms with Crippen molar-refractivity contribution < 1.29 is 14.8 Å². The van der Waals surface area contributed by atoms with Crippen LogP contribution in [0.1, 0.15) is 34.5 Å². The maximum Gasteiger partial charge on any atom is 0.352 e. The van der Waals surface area contributed by atoms with Crippen LogP contribution in [0, 0.1) is 10.1 Å². The lowest BCUT2D eigenvalue weighted by Crippen LogP contribution is -2.08. The van der Waals surface area contributed by atoms with E-state index < -0.39 is 10.9 Å². The first-order valence-corrected chi connectivity index (χ1v) is 6.90. The number of hydrogen-bond donors (Lipinski definition) is 1. The van der Waals surface area contributed by atoms with Gasteiger partial charge in [0.25, 0.3) is 5.69 Å². The topological polar surface area (TPSA) is 98.3 Å². The highest BCUT2D eigenvalue weighted by Crippen LogP contribution is 2.19. The van der Waals surface area contributed by atoms with Crippen molar-refractivity contribution in [2.24, 2.45) is 0 Å². The van der Waals surface area contributed by atoms with Crippen molar-refractivity contribution in [3.05, 3.63) is 44.2 Å². The highest BCUT2D eigenvalue weighted by atomic mass is 32.1. The van der Waals surface area contributed by atoms with Gasteiger partial charge in [0.05, 0.1) is 28.4 Å². The predicted molar refractivity (Wildman–Crippen MR) is 73.3 cm³/mol. The Bertz CT molecular complexity index is 647. The number of aromatic nitrogens is 2. The van der Waals surface area contributed by atoms with E-state index >= 15 is 0 Å². The van der Waals surface area contributed by atoms with Crippen LogP contribution in [-0.2, 0) is 13.0 Å². The van der Waals surface area contributed by atoms with Crippen LogP contribution in [0.15, 0.2) is 17.6 Å². The summed E-state index contributed by atoms with van der Waals surface area (Å²) in [5.41, 5.74) is 0.375. The highest BCUT2D eigenvalue weighted by Gasteiger charge is 2.19. The first-order valence-electron chi connectivity index (χ1n) is 6.02. The van der Waals surface area contributed by atoms with Crippen LogP contribution in [-0.4, -0.2) is 25.6 Å². The number of carboxylic acid groups (broad SMARTS) is 1. The lowest BCUT2D eigenvalue weighted by molar-refractivity contribution is -0.384. The van der Waals surface area contributed by atoms with E-state index in [4.69, 9.17) is 5.11 Å². The Labute approximate surface area is 118 Å². The average molecular weight is 295 g/mol. The average Bonchev–Trinajstić information content (AvgIpc) is 2.97. The lowest BCUT2D eigenvalue weighted by Gasteiger charge is -2.02. The maximum absolute atomic E-state index is 11.1. The van der Waals surface area contributed by atoms with Crippen molar-refractivity contribution in [2.45, 2.75) is 26.3 Å². The molecule has 0 bridgehead atoms. The molecular weight excluding hydrogens is 282 g/mol. The fourth-order valence-corrected chi connectivity index (χ4v) is 2.72. The van der Waals surface area contributed by atoms with Crippen molar-refractivity contribution in [1.29, 1.82) is 0 Å².